The van der Waals surface area contributed by atoms with Crippen molar-refractivity contribution in [3.05, 3.63) is 47.2 Å². The minimum atomic E-state index is -0.316. The number of H-pyrrole nitrogens is 1. The van der Waals surface area contributed by atoms with Crippen LogP contribution in [0.1, 0.15) is 23.2 Å². The van der Waals surface area contributed by atoms with E-state index >= 15 is 0 Å². The Kier molecular flexibility index (Phi) is 4.17. The van der Waals surface area contributed by atoms with Crippen LogP contribution in [0.4, 0.5) is 5.82 Å². The third kappa shape index (κ3) is 3.15. The van der Waals surface area contributed by atoms with E-state index in [9.17, 15) is 4.79 Å². The Morgan fingerprint density at radius 2 is 2.23 bits per heavy atom. The van der Waals surface area contributed by atoms with Gasteiger partial charge in [0.1, 0.15) is 6.42 Å². The first-order valence-electron chi connectivity index (χ1n) is 7.25. The molecule has 22 heavy (non-hydrogen) atoms. The third-order valence-electron chi connectivity index (χ3n) is 3.76. The summed E-state index contributed by atoms with van der Waals surface area (Å²) >= 11 is 0. The van der Waals surface area contributed by atoms with Crippen molar-refractivity contribution in [2.45, 2.75) is 25.9 Å². The number of carbonyl (C=O) groups is 1. The zero-order valence-corrected chi connectivity index (χ0v) is 12.2. The summed E-state index contributed by atoms with van der Waals surface area (Å²) < 4.78 is 0. The molecule has 1 aliphatic heterocycles. The molecule has 6 heteroatoms. The lowest BCUT2D eigenvalue weighted by atomic mass is 10.1. The van der Waals surface area contributed by atoms with Gasteiger partial charge in [-0.1, -0.05) is 30.3 Å². The maximum Gasteiger partial charge on any atom is 0.239 e. The first-order chi connectivity index (χ1) is 10.8. The van der Waals surface area contributed by atoms with Gasteiger partial charge in [0.25, 0.3) is 0 Å². The lowest BCUT2D eigenvalue weighted by Gasteiger charge is -2.26. The summed E-state index contributed by atoms with van der Waals surface area (Å²) in [5, 5.41) is 18.4. The summed E-state index contributed by atoms with van der Waals surface area (Å²) in [6, 6.07) is 12.2. The summed E-state index contributed by atoms with van der Waals surface area (Å²) in [7, 11) is 0. The van der Waals surface area contributed by atoms with Crippen LogP contribution in [-0.4, -0.2) is 27.5 Å². The molecule has 1 aliphatic rings. The van der Waals surface area contributed by atoms with Crippen molar-refractivity contribution in [2.75, 3.05) is 11.9 Å². The normalized spacial score (nSPS) is 14.1. The average molecular weight is 295 g/mol. The largest absolute Gasteiger partial charge is 0.308 e. The van der Waals surface area contributed by atoms with Gasteiger partial charge in [0.15, 0.2) is 5.82 Å². The molecule has 1 amide bonds. The standard InChI is InChI=1S/C16H17N5O/c17-8-6-15(22)18-16-13-7-9-21(11-14(13)19-20-16)10-12-4-2-1-3-5-12/h1-5H,6-7,9-11H2,(H2,18,19,20,22). The van der Waals surface area contributed by atoms with E-state index in [0.29, 0.717) is 5.82 Å². The average Bonchev–Trinajstić information content (AvgIpc) is 2.91. The van der Waals surface area contributed by atoms with Crippen LogP contribution in [0.5, 0.6) is 0 Å². The molecule has 0 bridgehead atoms. The van der Waals surface area contributed by atoms with Crippen molar-refractivity contribution >= 4 is 11.7 Å². The van der Waals surface area contributed by atoms with Gasteiger partial charge in [-0.3, -0.25) is 14.8 Å². The van der Waals surface area contributed by atoms with Crippen LogP contribution in [0.3, 0.4) is 0 Å². The second kappa shape index (κ2) is 6.41. The van der Waals surface area contributed by atoms with Gasteiger partial charge in [0, 0.05) is 25.2 Å². The van der Waals surface area contributed by atoms with Crippen molar-refractivity contribution in [1.82, 2.24) is 15.1 Å². The number of aromatic nitrogens is 2. The number of hydrogen-bond acceptors (Lipinski definition) is 4. The lowest BCUT2D eigenvalue weighted by molar-refractivity contribution is -0.115. The fraction of sp³-hybridized carbons (Fsp3) is 0.312. The Morgan fingerprint density at radius 1 is 1.41 bits per heavy atom. The van der Waals surface area contributed by atoms with Crippen LogP contribution in [-0.2, 0) is 24.3 Å². The Hall–Kier alpha value is -2.65. The zero-order chi connectivity index (χ0) is 15.4. The van der Waals surface area contributed by atoms with E-state index < -0.39 is 0 Å². The number of rotatable bonds is 4. The van der Waals surface area contributed by atoms with Crippen molar-refractivity contribution in [3.8, 4) is 6.07 Å². The Balaban J connectivity index is 1.66. The molecule has 2 heterocycles. The van der Waals surface area contributed by atoms with E-state index in [4.69, 9.17) is 5.26 Å². The van der Waals surface area contributed by atoms with Gasteiger partial charge in [0.05, 0.1) is 11.8 Å². The highest BCUT2D eigenvalue weighted by molar-refractivity contribution is 5.91. The van der Waals surface area contributed by atoms with E-state index in [-0.39, 0.29) is 12.3 Å². The predicted molar refractivity (Wildman–Crippen MR) is 81.7 cm³/mol. The first kappa shape index (κ1) is 14.3. The Labute approximate surface area is 128 Å². The van der Waals surface area contributed by atoms with E-state index in [1.807, 2.05) is 24.3 Å². The van der Waals surface area contributed by atoms with Gasteiger partial charge in [-0.25, -0.2) is 0 Å². The molecule has 3 rings (SSSR count). The van der Waals surface area contributed by atoms with Crippen molar-refractivity contribution in [3.63, 3.8) is 0 Å². The number of nitriles is 1. The lowest BCUT2D eigenvalue weighted by Crippen LogP contribution is -2.30. The maximum absolute atomic E-state index is 11.5. The van der Waals surface area contributed by atoms with E-state index in [1.165, 1.54) is 5.56 Å². The molecule has 1 aromatic carbocycles. The predicted octanol–water partition coefficient (Wildman–Crippen LogP) is 1.82. The molecule has 0 spiro atoms. The monoisotopic (exact) mass is 295 g/mol. The van der Waals surface area contributed by atoms with Gasteiger partial charge in [-0.2, -0.15) is 10.4 Å². The molecule has 6 nitrogen and oxygen atoms in total. The number of carbonyl (C=O) groups excluding carboxylic acids is 1. The number of benzene rings is 1. The summed E-state index contributed by atoms with van der Waals surface area (Å²) in [6.07, 6.45) is 0.683. The highest BCUT2D eigenvalue weighted by Gasteiger charge is 2.22. The highest BCUT2D eigenvalue weighted by atomic mass is 16.1. The second-order valence-corrected chi connectivity index (χ2v) is 5.36. The molecule has 0 atom stereocenters. The molecule has 0 radical (unpaired) electrons. The van der Waals surface area contributed by atoms with Crippen LogP contribution >= 0.6 is 0 Å². The topological polar surface area (TPSA) is 84.8 Å². The van der Waals surface area contributed by atoms with Crippen LogP contribution in [0.15, 0.2) is 30.3 Å². The fourth-order valence-electron chi connectivity index (χ4n) is 2.70. The molecule has 0 saturated heterocycles. The first-order valence-corrected chi connectivity index (χ1v) is 7.25. The van der Waals surface area contributed by atoms with E-state index in [2.05, 4.69) is 32.5 Å². The van der Waals surface area contributed by atoms with Crippen LogP contribution in [0.2, 0.25) is 0 Å². The third-order valence-corrected chi connectivity index (χ3v) is 3.76. The van der Waals surface area contributed by atoms with Gasteiger partial charge in [-0.15, -0.1) is 0 Å². The number of aromatic amines is 1. The summed E-state index contributed by atoms with van der Waals surface area (Å²) in [4.78, 5) is 13.8. The minimum Gasteiger partial charge on any atom is -0.308 e. The number of nitrogens with one attached hydrogen (secondary N) is 2. The zero-order valence-electron chi connectivity index (χ0n) is 12.2. The number of anilines is 1. The number of hydrogen-bond donors (Lipinski definition) is 2. The van der Waals surface area contributed by atoms with E-state index in [1.54, 1.807) is 0 Å². The van der Waals surface area contributed by atoms with Crippen LogP contribution in [0.25, 0.3) is 0 Å². The molecule has 2 aromatic rings. The summed E-state index contributed by atoms with van der Waals surface area (Å²) in [5.41, 5.74) is 3.37. The number of fused-ring (bicyclic) bond motifs is 1. The molecule has 0 unspecified atom stereocenters. The second-order valence-electron chi connectivity index (χ2n) is 5.36. The Morgan fingerprint density at radius 3 is 3.00 bits per heavy atom. The minimum absolute atomic E-state index is 0.151. The van der Waals surface area contributed by atoms with Crippen LogP contribution < -0.4 is 5.32 Å². The summed E-state index contributed by atoms with van der Waals surface area (Å²) in [5.74, 6) is 0.248. The summed E-state index contributed by atoms with van der Waals surface area (Å²) in [6.45, 7) is 2.60. The molecule has 1 aromatic heterocycles. The molecule has 2 N–H and O–H groups in total. The molecule has 112 valence electrons. The molecule has 0 aliphatic carbocycles. The molecular formula is C16H17N5O. The quantitative estimate of drug-likeness (QED) is 0.901. The van der Waals surface area contributed by atoms with Crippen LogP contribution in [0, 0.1) is 11.3 Å². The fourth-order valence-corrected chi connectivity index (χ4v) is 2.70. The highest BCUT2D eigenvalue weighted by Crippen LogP contribution is 2.24. The number of nitrogens with zero attached hydrogens (tertiary/aromatic N) is 3. The van der Waals surface area contributed by atoms with Crippen molar-refractivity contribution < 1.29 is 4.79 Å². The Bertz CT molecular complexity index is 701. The van der Waals surface area contributed by atoms with Gasteiger partial charge in [-0.05, 0) is 12.0 Å². The number of amides is 1. The molecule has 0 saturated carbocycles. The van der Waals surface area contributed by atoms with Gasteiger partial charge < -0.3 is 5.32 Å². The van der Waals surface area contributed by atoms with Crippen molar-refractivity contribution in [1.29, 1.82) is 5.26 Å². The molecule has 0 fully saturated rings. The van der Waals surface area contributed by atoms with Gasteiger partial charge in [0.2, 0.25) is 5.91 Å². The smallest absolute Gasteiger partial charge is 0.239 e. The van der Waals surface area contributed by atoms with Crippen molar-refractivity contribution in [2.24, 2.45) is 0 Å². The molecular weight excluding hydrogens is 278 g/mol. The van der Waals surface area contributed by atoms with Gasteiger partial charge >= 0.3 is 0 Å². The SMILES string of the molecule is N#CCC(=O)Nc1n[nH]c2c1CCN(Cc1ccccc1)C2. The maximum atomic E-state index is 11.5. The van der Waals surface area contributed by atoms with E-state index in [0.717, 1.165) is 37.3 Å².